The van der Waals surface area contributed by atoms with Crippen molar-refractivity contribution in [1.82, 2.24) is 5.32 Å². The summed E-state index contributed by atoms with van der Waals surface area (Å²) >= 11 is 0. The van der Waals surface area contributed by atoms with Crippen molar-refractivity contribution >= 4 is 17.7 Å². The Hall–Kier alpha value is -3.31. The number of aliphatic hydroxyl groups excluding tert-OH is 2. The minimum Gasteiger partial charge on any atom is -0.497 e. The number of carbonyl (C=O) groups is 2. The van der Waals surface area contributed by atoms with E-state index in [0.717, 1.165) is 17.7 Å². The molecule has 2 aliphatic carbocycles. The van der Waals surface area contributed by atoms with E-state index in [-0.39, 0.29) is 36.5 Å². The third-order valence-electron chi connectivity index (χ3n) is 9.42. The van der Waals surface area contributed by atoms with Crippen molar-refractivity contribution in [1.29, 1.82) is 0 Å². The summed E-state index contributed by atoms with van der Waals surface area (Å²) in [5, 5.41) is 26.9. The van der Waals surface area contributed by atoms with Crippen LogP contribution in [0, 0.1) is 22.7 Å². The average molecular weight is 593 g/mol. The zero-order valence-electron chi connectivity index (χ0n) is 24.0. The minimum atomic E-state index is -4.56. The van der Waals surface area contributed by atoms with Gasteiger partial charge in [-0.15, -0.1) is 0 Å². The highest BCUT2D eigenvalue weighted by Gasteiger charge is 2.60. The molecule has 6 atom stereocenters. The second-order valence-electron chi connectivity index (χ2n) is 11.9. The second-order valence-corrected chi connectivity index (χ2v) is 11.9. The highest BCUT2D eigenvalue weighted by molar-refractivity contribution is 5.84. The molecule has 0 heterocycles. The summed E-state index contributed by atoms with van der Waals surface area (Å²) in [6, 6.07) is 11.6. The first-order chi connectivity index (χ1) is 19.8. The molecular formula is C31H39F3N2O6. The smallest absolute Gasteiger partial charge is 0.416 e. The fourth-order valence-corrected chi connectivity index (χ4v) is 7.05. The fourth-order valence-electron chi connectivity index (χ4n) is 7.05. The van der Waals surface area contributed by atoms with Crippen LogP contribution in [0.1, 0.15) is 57.1 Å². The number of fused-ring (bicyclic) bond motifs is 1. The van der Waals surface area contributed by atoms with E-state index in [1.165, 1.54) is 12.1 Å². The van der Waals surface area contributed by atoms with Crippen LogP contribution in [-0.4, -0.2) is 48.1 Å². The van der Waals surface area contributed by atoms with Crippen LogP contribution >= 0.6 is 0 Å². The lowest BCUT2D eigenvalue weighted by atomic mass is 9.46. The number of alkyl halides is 3. The highest BCUT2D eigenvalue weighted by Crippen LogP contribution is 2.61. The maximum Gasteiger partial charge on any atom is 0.416 e. The Morgan fingerprint density at radius 3 is 2.43 bits per heavy atom. The molecule has 2 aliphatic rings. The van der Waals surface area contributed by atoms with Gasteiger partial charge in [0.25, 0.3) is 0 Å². The van der Waals surface area contributed by atoms with Crippen LogP contribution in [-0.2, 0) is 22.3 Å². The van der Waals surface area contributed by atoms with Gasteiger partial charge in [0.15, 0.2) is 0 Å². The van der Waals surface area contributed by atoms with Gasteiger partial charge in [0.1, 0.15) is 11.9 Å². The molecule has 0 radical (unpaired) electrons. The van der Waals surface area contributed by atoms with Gasteiger partial charge in [0.2, 0.25) is 5.91 Å². The maximum atomic E-state index is 13.1. The molecule has 4 rings (SSSR count). The van der Waals surface area contributed by atoms with E-state index in [4.69, 9.17) is 9.47 Å². The van der Waals surface area contributed by atoms with E-state index in [0.29, 0.717) is 38.0 Å². The summed E-state index contributed by atoms with van der Waals surface area (Å²) in [6.45, 7) is 3.88. The van der Waals surface area contributed by atoms with Gasteiger partial charge >= 0.3 is 12.3 Å². The molecule has 0 aromatic heterocycles. The van der Waals surface area contributed by atoms with Gasteiger partial charge in [0.05, 0.1) is 25.4 Å². The standard InChI is InChI=1S/C31H39F3N2O6/c1-29-14-13-26(42-28(40)36-21-6-4-5-20(15-21)31(32,33)34)30(2,18-37)25(29)12-11-24(38)23(29)16-27(39)35-17-19-7-9-22(41-3)10-8-19/h4-10,15,23-26,37-38H,11-14,16-18H2,1-3H3,(H,35,39)(H,36,40)/t23-,24-,25-,26-,29+,30+/m1/s1. The van der Waals surface area contributed by atoms with Crippen LogP contribution in [0.2, 0.25) is 0 Å². The Labute approximate surface area is 243 Å². The number of halogens is 3. The molecule has 2 saturated carbocycles. The number of methoxy groups -OCH3 is 1. The molecule has 0 bridgehead atoms. The monoisotopic (exact) mass is 592 g/mol. The maximum absolute atomic E-state index is 13.1. The number of aliphatic hydroxyl groups is 2. The van der Waals surface area contributed by atoms with Gasteiger partial charge in [-0.25, -0.2) is 4.79 Å². The number of nitrogens with one attached hydrogen (secondary N) is 2. The fraction of sp³-hybridized carbons (Fsp3) is 0.548. The first-order valence-electron chi connectivity index (χ1n) is 14.1. The topological polar surface area (TPSA) is 117 Å². The van der Waals surface area contributed by atoms with Crippen molar-refractivity contribution in [2.24, 2.45) is 22.7 Å². The molecule has 42 heavy (non-hydrogen) atoms. The summed E-state index contributed by atoms with van der Waals surface area (Å²) < 4.78 is 50.1. The van der Waals surface area contributed by atoms with Crippen molar-refractivity contribution in [2.75, 3.05) is 19.0 Å². The van der Waals surface area contributed by atoms with E-state index >= 15 is 0 Å². The first-order valence-corrected chi connectivity index (χ1v) is 14.1. The molecule has 11 heteroatoms. The van der Waals surface area contributed by atoms with Gasteiger partial charge in [-0.05, 0) is 78.8 Å². The number of anilines is 1. The average Bonchev–Trinajstić information content (AvgIpc) is 2.95. The van der Waals surface area contributed by atoms with Crippen molar-refractivity contribution in [3.63, 3.8) is 0 Å². The summed E-state index contributed by atoms with van der Waals surface area (Å²) in [4.78, 5) is 25.8. The Kier molecular flexibility index (Phi) is 9.42. The molecule has 8 nitrogen and oxygen atoms in total. The Morgan fingerprint density at radius 1 is 1.07 bits per heavy atom. The van der Waals surface area contributed by atoms with Gasteiger partial charge in [-0.3, -0.25) is 10.1 Å². The van der Waals surface area contributed by atoms with E-state index in [9.17, 15) is 33.0 Å². The van der Waals surface area contributed by atoms with E-state index in [2.05, 4.69) is 10.6 Å². The van der Waals surface area contributed by atoms with E-state index in [1.807, 2.05) is 38.1 Å². The number of ether oxygens (including phenoxy) is 2. The number of hydrogen-bond donors (Lipinski definition) is 4. The molecule has 2 fully saturated rings. The van der Waals surface area contributed by atoms with Gasteiger partial charge in [-0.2, -0.15) is 13.2 Å². The van der Waals surface area contributed by atoms with Crippen LogP contribution in [0.25, 0.3) is 0 Å². The summed E-state index contributed by atoms with van der Waals surface area (Å²) in [6.07, 6.45) is -4.91. The molecule has 0 unspecified atom stereocenters. The second kappa shape index (κ2) is 12.5. The molecule has 2 aromatic rings. The predicted molar refractivity (Wildman–Crippen MR) is 150 cm³/mol. The van der Waals surface area contributed by atoms with Crippen LogP contribution < -0.4 is 15.4 Å². The molecule has 4 N–H and O–H groups in total. The molecule has 230 valence electrons. The Bertz CT molecular complexity index is 1260. The number of benzene rings is 2. The third-order valence-corrected chi connectivity index (χ3v) is 9.42. The Morgan fingerprint density at radius 2 is 1.79 bits per heavy atom. The van der Waals surface area contributed by atoms with Crippen LogP contribution in [0.15, 0.2) is 48.5 Å². The third kappa shape index (κ3) is 6.67. The zero-order chi connectivity index (χ0) is 30.7. The number of rotatable bonds is 8. The molecular weight excluding hydrogens is 553 g/mol. The van der Waals surface area contributed by atoms with Crippen molar-refractivity contribution in [3.8, 4) is 5.75 Å². The highest BCUT2D eigenvalue weighted by atomic mass is 19.4. The van der Waals surface area contributed by atoms with Crippen molar-refractivity contribution < 1.29 is 42.4 Å². The SMILES string of the molecule is COc1ccc(CNC(=O)C[C@@H]2[C@H](O)CC[C@H]3[C@](C)(CO)[C@H](OC(=O)Nc4cccc(C(F)(F)F)c4)CC[C@]32C)cc1. The lowest BCUT2D eigenvalue weighted by Gasteiger charge is -2.60. The number of hydrogen-bond acceptors (Lipinski definition) is 6. The van der Waals surface area contributed by atoms with E-state index in [1.54, 1.807) is 7.11 Å². The van der Waals surface area contributed by atoms with Crippen LogP contribution in [0.3, 0.4) is 0 Å². The lowest BCUT2D eigenvalue weighted by Crippen LogP contribution is -2.61. The predicted octanol–water partition coefficient (Wildman–Crippen LogP) is 5.52. The lowest BCUT2D eigenvalue weighted by molar-refractivity contribution is -0.185. The molecule has 0 aliphatic heterocycles. The van der Waals surface area contributed by atoms with Crippen molar-refractivity contribution in [3.05, 3.63) is 59.7 Å². The molecule has 0 saturated heterocycles. The van der Waals surface area contributed by atoms with Gasteiger partial charge in [0, 0.05) is 24.1 Å². The summed E-state index contributed by atoms with van der Waals surface area (Å²) in [5.74, 6) is -0.0360. The van der Waals surface area contributed by atoms with Crippen LogP contribution in [0.4, 0.5) is 23.7 Å². The quantitative estimate of drug-likeness (QED) is 0.321. The molecule has 2 amide bonds. The first kappa shape index (κ1) is 31.6. The summed E-state index contributed by atoms with van der Waals surface area (Å²) in [7, 11) is 1.58. The largest absolute Gasteiger partial charge is 0.497 e. The minimum absolute atomic E-state index is 0.0531. The number of amides is 2. The van der Waals surface area contributed by atoms with Gasteiger partial charge in [-0.1, -0.05) is 32.0 Å². The van der Waals surface area contributed by atoms with Crippen LogP contribution in [0.5, 0.6) is 5.75 Å². The normalized spacial score (nSPS) is 29.2. The molecule has 2 aromatic carbocycles. The van der Waals surface area contributed by atoms with Gasteiger partial charge < -0.3 is 25.0 Å². The molecule has 0 spiro atoms. The van der Waals surface area contributed by atoms with Crippen molar-refractivity contribution in [2.45, 2.75) is 70.9 Å². The number of carbonyl (C=O) groups excluding carboxylic acids is 2. The Balaban J connectivity index is 1.43. The summed E-state index contributed by atoms with van der Waals surface area (Å²) in [5.41, 5.74) is -1.46. The van der Waals surface area contributed by atoms with E-state index < -0.39 is 40.9 Å². The zero-order valence-corrected chi connectivity index (χ0v) is 24.0.